The van der Waals surface area contributed by atoms with Gasteiger partial charge in [-0.05, 0) is 106 Å². The molecule has 232 valence electrons. The molecular formula is C38H28IN3O4S. The maximum atomic E-state index is 13.5. The lowest BCUT2D eigenvalue weighted by molar-refractivity contribution is -0.121. The molecule has 0 aromatic heterocycles. The van der Waals surface area contributed by atoms with E-state index in [0.717, 1.165) is 25.2 Å². The molecule has 1 aliphatic rings. The summed E-state index contributed by atoms with van der Waals surface area (Å²) in [5, 5.41) is 5.09. The second kappa shape index (κ2) is 14.6. The molecule has 9 heteroatoms. The Balaban J connectivity index is 1.16. The number of carbonyl (C=O) groups is 4. The molecule has 1 fully saturated rings. The van der Waals surface area contributed by atoms with Crippen LogP contribution in [0.3, 0.4) is 0 Å². The van der Waals surface area contributed by atoms with E-state index >= 15 is 0 Å². The number of hydrogen-bond donors (Lipinski definition) is 2. The molecule has 5 aromatic carbocycles. The van der Waals surface area contributed by atoms with Crippen LogP contribution in [0, 0.1) is 3.57 Å². The van der Waals surface area contributed by atoms with Gasteiger partial charge in [-0.2, -0.15) is 0 Å². The van der Waals surface area contributed by atoms with Gasteiger partial charge in [0.2, 0.25) is 11.8 Å². The van der Waals surface area contributed by atoms with Gasteiger partial charge in [0.05, 0.1) is 10.9 Å². The minimum Gasteiger partial charge on any atom is -0.321 e. The maximum Gasteiger partial charge on any atom is 0.272 e. The van der Waals surface area contributed by atoms with Gasteiger partial charge < -0.3 is 10.6 Å². The molecule has 7 nitrogen and oxygen atoms in total. The lowest BCUT2D eigenvalue weighted by Crippen LogP contribution is -2.31. The van der Waals surface area contributed by atoms with Gasteiger partial charge >= 0.3 is 0 Å². The predicted octanol–water partition coefficient (Wildman–Crippen LogP) is 7.79. The first-order valence-electron chi connectivity index (χ1n) is 14.8. The lowest BCUT2D eigenvalue weighted by atomic mass is 10.0. The van der Waals surface area contributed by atoms with Gasteiger partial charge in [0.25, 0.3) is 11.8 Å². The highest BCUT2D eigenvalue weighted by atomic mass is 127. The molecule has 0 bridgehead atoms. The Morgan fingerprint density at radius 1 is 0.745 bits per heavy atom. The van der Waals surface area contributed by atoms with Crippen LogP contribution in [0.5, 0.6) is 0 Å². The number of rotatable bonds is 9. The van der Waals surface area contributed by atoms with Crippen molar-refractivity contribution in [1.29, 1.82) is 0 Å². The Morgan fingerprint density at radius 2 is 1.36 bits per heavy atom. The highest BCUT2D eigenvalue weighted by molar-refractivity contribution is 14.1. The van der Waals surface area contributed by atoms with Crippen molar-refractivity contribution in [3.05, 3.63) is 154 Å². The van der Waals surface area contributed by atoms with Crippen molar-refractivity contribution in [2.24, 2.45) is 0 Å². The number of thioether (sulfide) groups is 1. The van der Waals surface area contributed by atoms with Crippen LogP contribution in [0.15, 0.2) is 144 Å². The summed E-state index contributed by atoms with van der Waals surface area (Å²) in [4.78, 5) is 54.4. The lowest BCUT2D eigenvalue weighted by Gasteiger charge is -2.15. The normalized spacial score (nSPS) is 14.6. The largest absolute Gasteiger partial charge is 0.321 e. The number of amides is 4. The average molecular weight is 750 g/mol. The van der Waals surface area contributed by atoms with Crippen molar-refractivity contribution in [1.82, 2.24) is 5.32 Å². The van der Waals surface area contributed by atoms with E-state index in [2.05, 4.69) is 33.2 Å². The summed E-state index contributed by atoms with van der Waals surface area (Å²) < 4.78 is 1.02. The van der Waals surface area contributed by atoms with E-state index in [1.807, 2.05) is 72.8 Å². The summed E-state index contributed by atoms with van der Waals surface area (Å²) in [6, 6.07) is 40.7. The summed E-state index contributed by atoms with van der Waals surface area (Å²) in [7, 11) is 0. The maximum absolute atomic E-state index is 13.5. The van der Waals surface area contributed by atoms with E-state index in [1.165, 1.54) is 16.7 Å². The monoisotopic (exact) mass is 749 g/mol. The molecule has 1 atom stereocenters. The zero-order valence-corrected chi connectivity index (χ0v) is 27.9. The molecule has 1 heterocycles. The van der Waals surface area contributed by atoms with Crippen LogP contribution in [0.4, 0.5) is 11.4 Å². The fraction of sp³-hybridized carbons (Fsp3) is 0.0526. The van der Waals surface area contributed by atoms with E-state index in [9.17, 15) is 19.2 Å². The first-order valence-corrected chi connectivity index (χ1v) is 16.7. The van der Waals surface area contributed by atoms with Gasteiger partial charge in [0, 0.05) is 26.1 Å². The number of benzene rings is 5. The van der Waals surface area contributed by atoms with Gasteiger partial charge in [-0.3, -0.25) is 19.2 Å². The van der Waals surface area contributed by atoms with Crippen molar-refractivity contribution in [2.45, 2.75) is 16.6 Å². The molecule has 0 radical (unpaired) electrons. The third kappa shape index (κ3) is 7.87. The van der Waals surface area contributed by atoms with Crippen molar-refractivity contribution in [2.75, 3.05) is 10.2 Å². The fourth-order valence-corrected chi connectivity index (χ4v) is 6.46. The first kappa shape index (κ1) is 32.0. The van der Waals surface area contributed by atoms with Gasteiger partial charge in [-0.25, -0.2) is 4.90 Å². The van der Waals surface area contributed by atoms with Crippen molar-refractivity contribution >= 4 is 75.4 Å². The highest BCUT2D eigenvalue weighted by Gasteiger charge is 2.40. The van der Waals surface area contributed by atoms with E-state index in [4.69, 9.17) is 0 Å². The molecule has 0 spiro atoms. The molecule has 1 unspecified atom stereocenters. The Morgan fingerprint density at radius 3 is 2.02 bits per heavy atom. The van der Waals surface area contributed by atoms with Gasteiger partial charge in [0.15, 0.2) is 0 Å². The van der Waals surface area contributed by atoms with E-state index in [1.54, 1.807) is 66.7 Å². The molecule has 1 aliphatic heterocycles. The van der Waals surface area contributed by atoms with Crippen LogP contribution < -0.4 is 15.5 Å². The Hall–Kier alpha value is -5.00. The fourth-order valence-electron chi connectivity index (χ4n) is 5.05. The van der Waals surface area contributed by atoms with Crippen LogP contribution in [-0.4, -0.2) is 28.9 Å². The minimum absolute atomic E-state index is 0.0792. The summed E-state index contributed by atoms with van der Waals surface area (Å²) in [6.07, 6.45) is 1.74. The van der Waals surface area contributed by atoms with Crippen molar-refractivity contribution < 1.29 is 19.2 Å². The molecule has 0 aliphatic carbocycles. The van der Waals surface area contributed by atoms with Gasteiger partial charge in [-0.15, -0.1) is 11.8 Å². The molecular weight excluding hydrogens is 721 g/mol. The molecule has 2 N–H and O–H groups in total. The summed E-state index contributed by atoms with van der Waals surface area (Å²) in [5.74, 6) is -1.38. The minimum atomic E-state index is -0.543. The zero-order chi connectivity index (χ0) is 32.8. The summed E-state index contributed by atoms with van der Waals surface area (Å²) in [6.45, 7) is 0. The Kier molecular flexibility index (Phi) is 9.94. The first-order chi connectivity index (χ1) is 22.8. The molecule has 0 saturated carbocycles. The summed E-state index contributed by atoms with van der Waals surface area (Å²) in [5.41, 5.74) is 4.43. The number of nitrogens with one attached hydrogen (secondary N) is 2. The van der Waals surface area contributed by atoms with Gasteiger partial charge in [-0.1, -0.05) is 72.8 Å². The average Bonchev–Trinajstić information content (AvgIpc) is 3.38. The second-order valence-corrected chi connectivity index (χ2v) is 13.2. The highest BCUT2D eigenvalue weighted by Crippen LogP contribution is 2.34. The van der Waals surface area contributed by atoms with E-state index in [0.29, 0.717) is 16.9 Å². The number of carbonyl (C=O) groups excluding carboxylic acids is 4. The zero-order valence-electron chi connectivity index (χ0n) is 24.9. The molecule has 5 aromatic rings. The number of nitrogens with zero attached hydrogens (tertiary/aromatic N) is 1. The predicted molar refractivity (Wildman–Crippen MR) is 195 cm³/mol. The number of halogens is 1. The molecule has 4 amide bonds. The van der Waals surface area contributed by atoms with E-state index in [-0.39, 0.29) is 23.9 Å². The van der Waals surface area contributed by atoms with Crippen LogP contribution in [0.1, 0.15) is 22.3 Å². The van der Waals surface area contributed by atoms with E-state index < -0.39 is 17.1 Å². The third-order valence-electron chi connectivity index (χ3n) is 7.44. The summed E-state index contributed by atoms with van der Waals surface area (Å²) >= 11 is 3.49. The molecule has 6 rings (SSSR count). The Bertz CT molecular complexity index is 1950. The van der Waals surface area contributed by atoms with Crippen LogP contribution in [0.2, 0.25) is 0 Å². The quantitative estimate of drug-likeness (QED) is 0.0912. The molecule has 1 saturated heterocycles. The van der Waals surface area contributed by atoms with Crippen molar-refractivity contribution in [3.8, 4) is 11.1 Å². The standard InChI is InChI=1S/C38H28IN3O4S/c39-29-15-19-31(20-16-29)42-35(43)24-34(38(42)46)47-32-21-17-30(18-22-32)40-37(45)33(41-36(44)28-9-5-2-6-10-28)23-25-11-13-27(14-12-25)26-7-3-1-4-8-26/h1-23,34H,24H2,(H,40,45)(H,41,44)/b33-23-. The number of imide groups is 1. The second-order valence-electron chi connectivity index (χ2n) is 10.7. The number of anilines is 2. The third-order valence-corrected chi connectivity index (χ3v) is 9.35. The molecule has 47 heavy (non-hydrogen) atoms. The Labute approximate surface area is 290 Å². The van der Waals surface area contributed by atoms with Crippen LogP contribution in [-0.2, 0) is 14.4 Å². The van der Waals surface area contributed by atoms with Crippen LogP contribution >= 0.6 is 34.4 Å². The van der Waals surface area contributed by atoms with Gasteiger partial charge in [0.1, 0.15) is 5.70 Å². The SMILES string of the molecule is O=C(Nc1ccc(SC2CC(=O)N(c3ccc(I)cc3)C2=O)cc1)/C(=C/c1ccc(-c2ccccc2)cc1)NC(=O)c1ccccc1. The smallest absolute Gasteiger partial charge is 0.272 e. The number of hydrogen-bond acceptors (Lipinski definition) is 5. The van der Waals surface area contributed by atoms with Crippen LogP contribution in [0.25, 0.3) is 17.2 Å². The topological polar surface area (TPSA) is 95.6 Å². The van der Waals surface area contributed by atoms with Crippen molar-refractivity contribution in [3.63, 3.8) is 0 Å².